The number of nitrogens with zero attached hydrogens (tertiary/aromatic N) is 3. The molecule has 0 bridgehead atoms. The van der Waals surface area contributed by atoms with Crippen LogP contribution in [0.2, 0.25) is 0 Å². The SMILES string of the molecule is c1ccc2c(c1)c1ccccc1c1cc(-c3cc(-c4ccc5c6ccccc6c6ccccc6c5c4)c4cc(-c5ccc(-c6nc7c8ccccc8c8ccccc8c7o6)cc5)nc(-c5ccc(-c6nc7c8ccccc8c8ccccc8c7o6)cc5)c4c3)ccc21. The Morgan fingerprint density at radius 1 is 0.185 bits per heavy atom. The third-order valence-electron chi connectivity index (χ3n) is 19.5. The molecular weight excluding hydrogens is 1120 g/mol. The zero-order chi connectivity index (χ0) is 60.1. The molecule has 0 saturated heterocycles. The van der Waals surface area contributed by atoms with Crippen molar-refractivity contribution < 1.29 is 8.83 Å². The van der Waals surface area contributed by atoms with Crippen LogP contribution in [0.3, 0.4) is 0 Å². The molecular formula is C87H49N3O2. The first kappa shape index (κ1) is 50.7. The number of oxazole rings is 2. The van der Waals surface area contributed by atoms with E-state index in [1.165, 1.54) is 64.6 Å². The summed E-state index contributed by atoms with van der Waals surface area (Å²) < 4.78 is 13.6. The Kier molecular flexibility index (Phi) is 10.8. The maximum absolute atomic E-state index is 6.82. The van der Waals surface area contributed by atoms with E-state index >= 15 is 0 Å². The summed E-state index contributed by atoms with van der Waals surface area (Å²) in [5, 5.41) is 25.7. The first-order valence-corrected chi connectivity index (χ1v) is 31.4. The molecule has 5 heteroatoms. The molecule has 0 saturated carbocycles. The number of hydrogen-bond donors (Lipinski definition) is 0. The number of fused-ring (bicyclic) bond motifs is 25. The van der Waals surface area contributed by atoms with Gasteiger partial charge in [0.1, 0.15) is 11.0 Å². The average Bonchev–Trinajstić information content (AvgIpc) is 1.03. The number of aromatic nitrogens is 3. The van der Waals surface area contributed by atoms with Crippen molar-refractivity contribution in [1.82, 2.24) is 15.0 Å². The number of hydrogen-bond acceptors (Lipinski definition) is 5. The summed E-state index contributed by atoms with van der Waals surface area (Å²) >= 11 is 0. The molecule has 0 N–H and O–H groups in total. The normalized spacial score (nSPS) is 12.1. The van der Waals surface area contributed by atoms with Crippen molar-refractivity contribution in [2.75, 3.05) is 0 Å². The summed E-state index contributed by atoms with van der Waals surface area (Å²) in [6, 6.07) is 108. The van der Waals surface area contributed by atoms with Gasteiger partial charge in [0.25, 0.3) is 0 Å². The Morgan fingerprint density at radius 2 is 0.489 bits per heavy atom. The van der Waals surface area contributed by atoms with E-state index in [4.69, 9.17) is 23.8 Å². The second-order valence-corrected chi connectivity index (χ2v) is 24.4. The van der Waals surface area contributed by atoms with Crippen molar-refractivity contribution in [1.29, 1.82) is 0 Å². The van der Waals surface area contributed by atoms with Crippen LogP contribution in [-0.2, 0) is 0 Å². The molecule has 20 rings (SSSR count). The van der Waals surface area contributed by atoms with E-state index in [9.17, 15) is 0 Å². The van der Waals surface area contributed by atoms with Gasteiger partial charge in [-0.05, 0) is 168 Å². The molecule has 5 nitrogen and oxygen atoms in total. The van der Waals surface area contributed by atoms with E-state index in [1.807, 2.05) is 0 Å². The Labute approximate surface area is 526 Å². The molecule has 92 heavy (non-hydrogen) atoms. The van der Waals surface area contributed by atoms with Crippen LogP contribution in [-0.4, -0.2) is 15.0 Å². The van der Waals surface area contributed by atoms with Crippen molar-refractivity contribution in [2.45, 2.75) is 0 Å². The predicted octanol–water partition coefficient (Wildman–Crippen LogP) is 24.1. The highest BCUT2D eigenvalue weighted by Crippen LogP contribution is 2.47. The molecule has 0 aliphatic carbocycles. The molecule has 20 aromatic rings. The molecule has 0 atom stereocenters. The fraction of sp³-hybridized carbons (Fsp3) is 0. The van der Waals surface area contributed by atoms with Gasteiger partial charge in [0.2, 0.25) is 11.8 Å². The summed E-state index contributed by atoms with van der Waals surface area (Å²) in [4.78, 5) is 16.3. The number of pyridine rings is 1. The smallest absolute Gasteiger partial charge is 0.227 e. The van der Waals surface area contributed by atoms with Gasteiger partial charge in [0, 0.05) is 49.2 Å². The first-order chi connectivity index (χ1) is 45.6. The third-order valence-corrected chi connectivity index (χ3v) is 19.5. The van der Waals surface area contributed by atoms with Gasteiger partial charge in [-0.3, -0.25) is 0 Å². The van der Waals surface area contributed by atoms with Crippen LogP contribution in [0, 0.1) is 0 Å². The lowest BCUT2D eigenvalue weighted by Crippen LogP contribution is -1.95. The molecule has 3 aromatic heterocycles. The monoisotopic (exact) mass is 1170 g/mol. The predicted molar refractivity (Wildman–Crippen MR) is 385 cm³/mol. The van der Waals surface area contributed by atoms with Gasteiger partial charge in [-0.1, -0.05) is 243 Å². The third kappa shape index (κ3) is 7.57. The lowest BCUT2D eigenvalue weighted by Gasteiger charge is -2.18. The minimum atomic E-state index is 0.567. The second kappa shape index (κ2) is 19.6. The zero-order valence-corrected chi connectivity index (χ0v) is 49.4. The second-order valence-electron chi connectivity index (χ2n) is 24.4. The topological polar surface area (TPSA) is 65.0 Å². The molecule has 0 fully saturated rings. The molecule has 0 unspecified atom stereocenters. The summed E-state index contributed by atoms with van der Waals surface area (Å²) in [5.74, 6) is 1.14. The Balaban J connectivity index is 0.823. The molecule has 424 valence electrons. The average molecular weight is 1170 g/mol. The molecule has 0 spiro atoms. The molecule has 0 aliphatic heterocycles. The highest BCUT2D eigenvalue weighted by molar-refractivity contribution is 6.29. The first-order valence-electron chi connectivity index (χ1n) is 31.4. The van der Waals surface area contributed by atoms with Crippen LogP contribution in [0.15, 0.2) is 306 Å². The molecule has 0 amide bonds. The van der Waals surface area contributed by atoms with Crippen LogP contribution in [0.1, 0.15) is 0 Å². The van der Waals surface area contributed by atoms with Gasteiger partial charge in [0.15, 0.2) is 11.2 Å². The Hall–Kier alpha value is -12.3. The largest absolute Gasteiger partial charge is 0.435 e. The molecule has 17 aromatic carbocycles. The summed E-state index contributed by atoms with van der Waals surface area (Å²) in [5.41, 5.74) is 13.1. The van der Waals surface area contributed by atoms with Crippen LogP contribution < -0.4 is 0 Å². The van der Waals surface area contributed by atoms with Crippen molar-refractivity contribution >= 4 is 141 Å². The van der Waals surface area contributed by atoms with E-state index in [0.717, 1.165) is 132 Å². The highest BCUT2D eigenvalue weighted by atomic mass is 16.4. The van der Waals surface area contributed by atoms with Gasteiger partial charge in [-0.2, -0.15) is 0 Å². The molecule has 3 heterocycles. The zero-order valence-electron chi connectivity index (χ0n) is 49.4. The van der Waals surface area contributed by atoms with Crippen molar-refractivity contribution in [3.63, 3.8) is 0 Å². The summed E-state index contributed by atoms with van der Waals surface area (Å²) in [7, 11) is 0. The maximum atomic E-state index is 6.82. The number of rotatable bonds is 6. The van der Waals surface area contributed by atoms with Gasteiger partial charge < -0.3 is 8.83 Å². The fourth-order valence-corrected chi connectivity index (χ4v) is 15.1. The van der Waals surface area contributed by atoms with E-state index in [0.29, 0.717) is 11.8 Å². The van der Waals surface area contributed by atoms with E-state index in [-0.39, 0.29) is 0 Å². The van der Waals surface area contributed by atoms with Gasteiger partial charge in [0.05, 0.1) is 11.4 Å². The standard InChI is InChI=1S/C87H49N3O2/c1-3-21-61-57(17-1)59-19-5-7-27-67(59)76-45-54(41-43-69(61)76)56-47-75(55-42-44-70-62-22-4-2-18-58(62)60-20-6-8-28-68(60)77(70)46-55)78-49-80(50-33-37-52(38-34-50)86-89-82-71-29-13-9-23-63(71)65-25-11-15-31-73(65)84(82)91-86)88-81(79(78)48-56)51-35-39-53(40-36-51)87-90-83-72-30-14-10-24-64(72)66-26-12-16-32-74(66)85(83)92-87/h1-49H. The maximum Gasteiger partial charge on any atom is 0.227 e. The van der Waals surface area contributed by atoms with Crippen LogP contribution in [0.25, 0.3) is 208 Å². The van der Waals surface area contributed by atoms with E-state index < -0.39 is 0 Å². The quantitative estimate of drug-likeness (QED) is 0.155. The Morgan fingerprint density at radius 3 is 0.924 bits per heavy atom. The molecule has 0 radical (unpaired) electrons. The van der Waals surface area contributed by atoms with Gasteiger partial charge in [-0.25, -0.2) is 15.0 Å². The van der Waals surface area contributed by atoms with Crippen LogP contribution >= 0.6 is 0 Å². The van der Waals surface area contributed by atoms with Crippen LogP contribution in [0.4, 0.5) is 0 Å². The van der Waals surface area contributed by atoms with Gasteiger partial charge >= 0.3 is 0 Å². The van der Waals surface area contributed by atoms with Crippen molar-refractivity contribution in [2.24, 2.45) is 0 Å². The minimum absolute atomic E-state index is 0.567. The lowest BCUT2D eigenvalue weighted by molar-refractivity contribution is 0.622. The number of benzene rings is 17. The van der Waals surface area contributed by atoms with E-state index in [2.05, 4.69) is 297 Å². The minimum Gasteiger partial charge on any atom is -0.435 e. The van der Waals surface area contributed by atoms with E-state index in [1.54, 1.807) is 0 Å². The fourth-order valence-electron chi connectivity index (χ4n) is 15.1. The van der Waals surface area contributed by atoms with Crippen LogP contribution in [0.5, 0.6) is 0 Å². The Bertz CT molecular complexity index is 6340. The summed E-state index contributed by atoms with van der Waals surface area (Å²) in [6.07, 6.45) is 0. The lowest BCUT2D eigenvalue weighted by atomic mass is 9.87. The highest BCUT2D eigenvalue weighted by Gasteiger charge is 2.23. The van der Waals surface area contributed by atoms with Gasteiger partial charge in [-0.15, -0.1) is 0 Å². The molecule has 0 aliphatic rings. The van der Waals surface area contributed by atoms with Crippen molar-refractivity contribution in [3.05, 3.63) is 297 Å². The summed E-state index contributed by atoms with van der Waals surface area (Å²) in [6.45, 7) is 0. The van der Waals surface area contributed by atoms with Crippen molar-refractivity contribution in [3.8, 4) is 67.7 Å².